The van der Waals surface area contributed by atoms with Crippen molar-refractivity contribution in [2.45, 2.75) is 11.2 Å². The van der Waals surface area contributed by atoms with Crippen LogP contribution in [0.5, 0.6) is 0 Å². The standard InChI is InChI=1S/C15H10Cl2F3N5S/c1-26-14-11(10-6-21-2-3-22-10)13(24-25-14)23-12-8(16)4-7(5-9(12)17)15(18,19)20/h2-6H,1H3,(H2,23,24,25). The first-order chi connectivity index (χ1) is 12.3. The van der Waals surface area contributed by atoms with Crippen molar-refractivity contribution in [2.24, 2.45) is 0 Å². The zero-order valence-corrected chi connectivity index (χ0v) is 15.4. The van der Waals surface area contributed by atoms with E-state index < -0.39 is 11.7 Å². The van der Waals surface area contributed by atoms with Crippen LogP contribution in [0.2, 0.25) is 10.0 Å². The Bertz CT molecular complexity index is 908. The lowest BCUT2D eigenvalue weighted by molar-refractivity contribution is -0.137. The lowest BCUT2D eigenvalue weighted by Gasteiger charge is -2.14. The van der Waals surface area contributed by atoms with Gasteiger partial charge in [0.1, 0.15) is 10.8 Å². The van der Waals surface area contributed by atoms with Crippen LogP contribution in [0.4, 0.5) is 24.7 Å². The number of alkyl halides is 3. The predicted molar refractivity (Wildman–Crippen MR) is 96.1 cm³/mol. The summed E-state index contributed by atoms with van der Waals surface area (Å²) in [5.74, 6) is 0.387. The Labute approximate surface area is 160 Å². The molecule has 5 nitrogen and oxygen atoms in total. The van der Waals surface area contributed by atoms with Gasteiger partial charge in [-0.05, 0) is 18.4 Å². The molecule has 3 rings (SSSR count). The van der Waals surface area contributed by atoms with Gasteiger partial charge < -0.3 is 5.32 Å². The third-order valence-corrected chi connectivity index (χ3v) is 4.64. The molecule has 0 bridgehead atoms. The number of nitrogens with zero attached hydrogens (tertiary/aromatic N) is 3. The smallest absolute Gasteiger partial charge is 0.338 e. The Morgan fingerprint density at radius 3 is 2.38 bits per heavy atom. The molecule has 0 saturated carbocycles. The summed E-state index contributed by atoms with van der Waals surface area (Å²) in [6.45, 7) is 0. The van der Waals surface area contributed by atoms with Crippen LogP contribution in [0.15, 0.2) is 35.7 Å². The van der Waals surface area contributed by atoms with Crippen LogP contribution in [0.3, 0.4) is 0 Å². The molecule has 0 amide bonds. The van der Waals surface area contributed by atoms with Gasteiger partial charge in [0.15, 0.2) is 0 Å². The number of hydrogen-bond donors (Lipinski definition) is 2. The molecule has 0 fully saturated rings. The summed E-state index contributed by atoms with van der Waals surface area (Å²) >= 11 is 13.4. The van der Waals surface area contributed by atoms with Crippen LogP contribution < -0.4 is 5.32 Å². The van der Waals surface area contributed by atoms with Crippen LogP contribution in [0, 0.1) is 0 Å². The molecule has 0 radical (unpaired) electrons. The fraction of sp³-hybridized carbons (Fsp3) is 0.133. The third kappa shape index (κ3) is 3.74. The quantitative estimate of drug-likeness (QED) is 0.534. The summed E-state index contributed by atoms with van der Waals surface area (Å²) < 4.78 is 38.6. The lowest BCUT2D eigenvalue weighted by Crippen LogP contribution is -2.06. The highest BCUT2D eigenvalue weighted by Gasteiger charge is 2.32. The van der Waals surface area contributed by atoms with Gasteiger partial charge >= 0.3 is 6.18 Å². The van der Waals surface area contributed by atoms with E-state index in [1.807, 2.05) is 6.26 Å². The van der Waals surface area contributed by atoms with E-state index in [1.54, 1.807) is 6.20 Å². The number of nitrogens with one attached hydrogen (secondary N) is 2. The lowest BCUT2D eigenvalue weighted by atomic mass is 10.2. The SMILES string of the molecule is CSc1n[nH]c(Nc2c(Cl)cc(C(F)(F)F)cc2Cl)c1-c1cnccn1. The molecule has 136 valence electrons. The van der Waals surface area contributed by atoms with Crippen molar-refractivity contribution in [3.8, 4) is 11.3 Å². The monoisotopic (exact) mass is 419 g/mol. The van der Waals surface area contributed by atoms with Gasteiger partial charge in [-0.2, -0.15) is 18.3 Å². The first kappa shape index (κ1) is 18.8. The molecular weight excluding hydrogens is 410 g/mol. The number of aromatic amines is 1. The average Bonchev–Trinajstić information content (AvgIpc) is 3.00. The molecule has 3 aromatic rings. The third-order valence-electron chi connectivity index (χ3n) is 3.37. The van der Waals surface area contributed by atoms with Gasteiger partial charge in [0.05, 0.1) is 38.8 Å². The largest absolute Gasteiger partial charge is 0.416 e. The average molecular weight is 420 g/mol. The molecule has 0 unspecified atom stereocenters. The number of rotatable bonds is 4. The normalized spacial score (nSPS) is 11.6. The van der Waals surface area contributed by atoms with Gasteiger partial charge in [0.25, 0.3) is 0 Å². The molecule has 11 heteroatoms. The van der Waals surface area contributed by atoms with Gasteiger partial charge in [-0.3, -0.25) is 15.1 Å². The van der Waals surface area contributed by atoms with Crippen molar-refractivity contribution in [3.63, 3.8) is 0 Å². The number of benzene rings is 1. The number of thioether (sulfide) groups is 1. The van der Waals surface area contributed by atoms with E-state index in [0.717, 1.165) is 12.1 Å². The molecule has 0 atom stereocenters. The summed E-state index contributed by atoms with van der Waals surface area (Å²) in [6, 6.07) is 1.62. The summed E-state index contributed by atoms with van der Waals surface area (Å²) in [4.78, 5) is 8.25. The zero-order valence-electron chi connectivity index (χ0n) is 13.0. The molecule has 2 aromatic heterocycles. The van der Waals surface area contributed by atoms with Crippen LogP contribution in [-0.2, 0) is 6.18 Å². The van der Waals surface area contributed by atoms with Crippen LogP contribution in [0.1, 0.15) is 5.56 Å². The number of hydrogen-bond acceptors (Lipinski definition) is 5. The molecule has 0 saturated heterocycles. The fourth-order valence-electron chi connectivity index (χ4n) is 2.21. The predicted octanol–water partition coefficient (Wildman–Crippen LogP) is 5.66. The highest BCUT2D eigenvalue weighted by molar-refractivity contribution is 7.98. The molecular formula is C15H10Cl2F3N5S. The van der Waals surface area contributed by atoms with Crippen molar-refractivity contribution < 1.29 is 13.2 Å². The minimum absolute atomic E-state index is 0.128. The van der Waals surface area contributed by atoms with Gasteiger partial charge in [-0.1, -0.05) is 23.2 Å². The van der Waals surface area contributed by atoms with Gasteiger partial charge in [0, 0.05) is 12.4 Å². The second-order valence-corrected chi connectivity index (χ2v) is 6.62. The first-order valence-corrected chi connectivity index (χ1v) is 9.01. The summed E-state index contributed by atoms with van der Waals surface area (Å²) in [7, 11) is 0. The van der Waals surface area contributed by atoms with Crippen molar-refractivity contribution >= 4 is 46.5 Å². The van der Waals surface area contributed by atoms with Crippen LogP contribution in [-0.4, -0.2) is 26.4 Å². The Balaban J connectivity index is 2.05. The minimum atomic E-state index is -4.55. The number of aromatic nitrogens is 4. The molecule has 0 spiro atoms. The first-order valence-electron chi connectivity index (χ1n) is 7.03. The maximum atomic E-state index is 12.9. The topological polar surface area (TPSA) is 66.5 Å². The summed E-state index contributed by atoms with van der Waals surface area (Å²) in [5.41, 5.74) is 0.342. The van der Waals surface area contributed by atoms with E-state index in [4.69, 9.17) is 23.2 Å². The van der Waals surface area contributed by atoms with Gasteiger partial charge in [0.2, 0.25) is 0 Å². The maximum Gasteiger partial charge on any atom is 0.416 e. The second kappa shape index (κ2) is 7.34. The zero-order chi connectivity index (χ0) is 18.9. The Morgan fingerprint density at radius 1 is 1.15 bits per heavy atom. The molecule has 26 heavy (non-hydrogen) atoms. The van der Waals surface area contributed by atoms with Crippen LogP contribution in [0.25, 0.3) is 11.3 Å². The Hall–Kier alpha value is -1.97. The molecule has 0 aliphatic carbocycles. The molecule has 0 aliphatic heterocycles. The highest BCUT2D eigenvalue weighted by Crippen LogP contribution is 2.41. The van der Waals surface area contributed by atoms with Crippen LogP contribution >= 0.6 is 35.0 Å². The highest BCUT2D eigenvalue weighted by atomic mass is 35.5. The molecule has 2 heterocycles. The fourth-order valence-corrected chi connectivity index (χ4v) is 3.34. The molecule has 1 aromatic carbocycles. The molecule has 0 aliphatic rings. The second-order valence-electron chi connectivity index (χ2n) is 5.01. The van der Waals surface area contributed by atoms with Crippen molar-refractivity contribution in [1.29, 1.82) is 0 Å². The molecule has 2 N–H and O–H groups in total. The van der Waals surface area contributed by atoms with E-state index in [1.165, 1.54) is 24.2 Å². The van der Waals surface area contributed by atoms with Crippen molar-refractivity contribution in [1.82, 2.24) is 20.2 Å². The van der Waals surface area contributed by atoms with E-state index >= 15 is 0 Å². The minimum Gasteiger partial charge on any atom is -0.338 e. The number of halogens is 5. The Kier molecular flexibility index (Phi) is 5.31. The van der Waals surface area contributed by atoms with E-state index in [0.29, 0.717) is 22.1 Å². The van der Waals surface area contributed by atoms with Gasteiger partial charge in [-0.15, -0.1) is 11.8 Å². The van der Waals surface area contributed by atoms with Gasteiger partial charge in [-0.25, -0.2) is 0 Å². The van der Waals surface area contributed by atoms with E-state index in [9.17, 15) is 13.2 Å². The van der Waals surface area contributed by atoms with Crippen molar-refractivity contribution in [3.05, 3.63) is 46.3 Å². The number of H-pyrrole nitrogens is 1. The van der Waals surface area contributed by atoms with E-state index in [-0.39, 0.29) is 15.7 Å². The summed E-state index contributed by atoms with van der Waals surface area (Å²) in [6.07, 6.45) is 1.88. The van der Waals surface area contributed by atoms with E-state index in [2.05, 4.69) is 25.5 Å². The maximum absolute atomic E-state index is 12.9. The summed E-state index contributed by atoms with van der Waals surface area (Å²) in [5, 5.41) is 10.1. The number of anilines is 2. The van der Waals surface area contributed by atoms with Crippen molar-refractivity contribution in [2.75, 3.05) is 11.6 Å². The Morgan fingerprint density at radius 2 is 1.85 bits per heavy atom.